The molecule has 2 aromatic carbocycles. The van der Waals surface area contributed by atoms with Gasteiger partial charge in [-0.25, -0.2) is 0 Å². The number of ether oxygens (including phenoxy) is 1. The molecule has 2 aliphatic rings. The van der Waals surface area contributed by atoms with E-state index >= 15 is 0 Å². The Morgan fingerprint density at radius 3 is 2.78 bits per heavy atom. The highest BCUT2D eigenvalue weighted by molar-refractivity contribution is 7.09. The predicted molar refractivity (Wildman–Crippen MR) is 131 cm³/mol. The summed E-state index contributed by atoms with van der Waals surface area (Å²) in [5.74, 6) is 0.950. The number of hydrogen-bond acceptors (Lipinski definition) is 5. The van der Waals surface area contributed by atoms with Crippen LogP contribution in [0, 0.1) is 5.92 Å². The molecule has 2 aliphatic heterocycles. The SMILES string of the molecule is COc1ccc2c(c1)N1CCN(c3ccccc3)CC1C(C(=O)NCCc1cccs1)C2. The fourth-order valence-electron chi connectivity index (χ4n) is 4.97. The van der Waals surface area contributed by atoms with E-state index in [0.717, 1.165) is 38.2 Å². The number of nitrogens with zero attached hydrogens (tertiary/aromatic N) is 2. The van der Waals surface area contributed by atoms with Crippen molar-refractivity contribution in [3.8, 4) is 5.75 Å². The number of carbonyl (C=O) groups excluding carboxylic acids is 1. The monoisotopic (exact) mass is 447 g/mol. The number of rotatable bonds is 6. The molecule has 0 saturated carbocycles. The number of methoxy groups -OCH3 is 1. The van der Waals surface area contributed by atoms with E-state index in [1.807, 2.05) is 12.1 Å². The van der Waals surface area contributed by atoms with Gasteiger partial charge in [0.2, 0.25) is 5.91 Å². The van der Waals surface area contributed by atoms with Gasteiger partial charge < -0.3 is 19.9 Å². The van der Waals surface area contributed by atoms with Crippen LogP contribution in [0.25, 0.3) is 0 Å². The number of thiophene rings is 1. The van der Waals surface area contributed by atoms with Crippen molar-refractivity contribution in [1.82, 2.24) is 5.32 Å². The topological polar surface area (TPSA) is 44.8 Å². The first-order valence-electron chi connectivity index (χ1n) is 11.3. The molecule has 166 valence electrons. The Hall–Kier alpha value is -2.99. The third-order valence-electron chi connectivity index (χ3n) is 6.63. The molecule has 0 radical (unpaired) electrons. The molecule has 1 aromatic heterocycles. The summed E-state index contributed by atoms with van der Waals surface area (Å²) in [5.41, 5.74) is 3.67. The molecular weight excluding hydrogens is 418 g/mol. The third kappa shape index (κ3) is 4.19. The van der Waals surface area contributed by atoms with Gasteiger partial charge in [-0.05, 0) is 48.1 Å². The molecule has 2 unspecified atom stereocenters. The summed E-state index contributed by atoms with van der Waals surface area (Å²) in [4.78, 5) is 19.5. The van der Waals surface area contributed by atoms with Crippen LogP contribution in [-0.2, 0) is 17.6 Å². The maximum atomic E-state index is 13.4. The molecule has 5 rings (SSSR count). The van der Waals surface area contributed by atoms with Crippen molar-refractivity contribution in [2.75, 3.05) is 43.1 Å². The fourth-order valence-corrected chi connectivity index (χ4v) is 5.68. The first-order valence-corrected chi connectivity index (χ1v) is 12.1. The average molecular weight is 448 g/mol. The molecule has 0 aliphatic carbocycles. The van der Waals surface area contributed by atoms with Gasteiger partial charge >= 0.3 is 0 Å². The van der Waals surface area contributed by atoms with Crippen LogP contribution in [0.15, 0.2) is 66.0 Å². The second kappa shape index (κ2) is 9.25. The summed E-state index contributed by atoms with van der Waals surface area (Å²) in [6, 6.07) is 21.1. The fraction of sp³-hybridized carbons (Fsp3) is 0.346. The maximum absolute atomic E-state index is 13.4. The second-order valence-electron chi connectivity index (χ2n) is 8.47. The van der Waals surface area contributed by atoms with Gasteiger partial charge in [0.25, 0.3) is 0 Å². The quantitative estimate of drug-likeness (QED) is 0.621. The van der Waals surface area contributed by atoms with Crippen LogP contribution in [0.2, 0.25) is 0 Å². The van der Waals surface area contributed by atoms with Gasteiger partial charge in [-0.3, -0.25) is 4.79 Å². The van der Waals surface area contributed by atoms with Gasteiger partial charge in [0.1, 0.15) is 5.75 Å². The lowest BCUT2D eigenvalue weighted by atomic mass is 9.83. The zero-order chi connectivity index (χ0) is 21.9. The molecule has 1 amide bonds. The number of carbonyl (C=O) groups is 1. The molecular formula is C26H29N3O2S. The van der Waals surface area contributed by atoms with Crippen molar-refractivity contribution in [3.63, 3.8) is 0 Å². The van der Waals surface area contributed by atoms with E-state index in [1.54, 1.807) is 18.4 Å². The first kappa shape index (κ1) is 20.9. The molecule has 5 nitrogen and oxygen atoms in total. The van der Waals surface area contributed by atoms with Gasteiger partial charge in [-0.15, -0.1) is 11.3 Å². The molecule has 1 N–H and O–H groups in total. The van der Waals surface area contributed by atoms with Gasteiger partial charge in [0.15, 0.2) is 0 Å². The number of para-hydroxylation sites is 1. The largest absolute Gasteiger partial charge is 0.497 e. The number of hydrogen-bond donors (Lipinski definition) is 1. The lowest BCUT2D eigenvalue weighted by Gasteiger charge is -2.49. The Labute approximate surface area is 193 Å². The first-order chi connectivity index (χ1) is 15.7. The zero-order valence-corrected chi connectivity index (χ0v) is 19.2. The summed E-state index contributed by atoms with van der Waals surface area (Å²) >= 11 is 1.74. The van der Waals surface area contributed by atoms with Crippen molar-refractivity contribution < 1.29 is 9.53 Å². The van der Waals surface area contributed by atoms with Crippen LogP contribution >= 0.6 is 11.3 Å². The van der Waals surface area contributed by atoms with Crippen LogP contribution in [-0.4, -0.2) is 45.2 Å². The lowest BCUT2D eigenvalue weighted by Crippen LogP contribution is -2.61. The van der Waals surface area contributed by atoms with E-state index in [-0.39, 0.29) is 17.9 Å². The van der Waals surface area contributed by atoms with Crippen LogP contribution in [0.4, 0.5) is 11.4 Å². The lowest BCUT2D eigenvalue weighted by molar-refractivity contribution is -0.125. The van der Waals surface area contributed by atoms with Crippen molar-refractivity contribution in [2.24, 2.45) is 5.92 Å². The van der Waals surface area contributed by atoms with Gasteiger partial charge in [0, 0.05) is 48.5 Å². The summed E-state index contributed by atoms with van der Waals surface area (Å²) in [6.07, 6.45) is 1.64. The normalized spacial score (nSPS) is 19.8. The van der Waals surface area contributed by atoms with Crippen LogP contribution in [0.3, 0.4) is 0 Å². The maximum Gasteiger partial charge on any atom is 0.225 e. The molecule has 0 bridgehead atoms. The second-order valence-corrected chi connectivity index (χ2v) is 9.50. The van der Waals surface area contributed by atoms with Gasteiger partial charge in [0.05, 0.1) is 19.1 Å². The number of nitrogens with one attached hydrogen (secondary N) is 1. The number of anilines is 2. The Morgan fingerprint density at radius 1 is 1.12 bits per heavy atom. The van der Waals surface area contributed by atoms with Crippen molar-refractivity contribution >= 4 is 28.6 Å². The smallest absolute Gasteiger partial charge is 0.225 e. The summed E-state index contributed by atoms with van der Waals surface area (Å²) in [5, 5.41) is 5.31. The minimum Gasteiger partial charge on any atom is -0.497 e. The summed E-state index contributed by atoms with van der Waals surface area (Å²) < 4.78 is 5.50. The predicted octanol–water partition coefficient (Wildman–Crippen LogP) is 3.98. The average Bonchev–Trinajstić information content (AvgIpc) is 3.37. The molecule has 6 heteroatoms. The molecule has 1 fully saturated rings. The van der Waals surface area contributed by atoms with Gasteiger partial charge in [-0.2, -0.15) is 0 Å². The summed E-state index contributed by atoms with van der Waals surface area (Å²) in [6.45, 7) is 3.34. The minimum absolute atomic E-state index is 0.0780. The number of piperazine rings is 1. The molecule has 3 aromatic rings. The van der Waals surface area contributed by atoms with E-state index < -0.39 is 0 Å². The number of amides is 1. The van der Waals surface area contributed by atoms with Crippen LogP contribution in [0.1, 0.15) is 10.4 Å². The highest BCUT2D eigenvalue weighted by Crippen LogP contribution is 2.38. The van der Waals surface area contributed by atoms with Crippen LogP contribution < -0.4 is 19.9 Å². The molecule has 32 heavy (non-hydrogen) atoms. The molecule has 2 atom stereocenters. The minimum atomic E-state index is -0.0780. The van der Waals surface area contributed by atoms with E-state index in [2.05, 4.69) is 69.0 Å². The Morgan fingerprint density at radius 2 is 2.00 bits per heavy atom. The van der Waals surface area contributed by atoms with Crippen molar-refractivity contribution in [1.29, 1.82) is 0 Å². The Bertz CT molecular complexity index is 1050. The standard InChI is InChI=1S/C26H29N3O2S/c1-31-21-10-9-19-16-23(26(30)27-12-11-22-8-5-15-32-22)25-18-28(20-6-3-2-4-7-20)13-14-29(25)24(19)17-21/h2-10,15,17,23,25H,11-14,16,18H2,1H3,(H,27,30). The van der Waals surface area contributed by atoms with Crippen LogP contribution in [0.5, 0.6) is 5.75 Å². The van der Waals surface area contributed by atoms with Crippen molar-refractivity contribution in [3.05, 3.63) is 76.5 Å². The van der Waals surface area contributed by atoms with E-state index in [9.17, 15) is 4.79 Å². The highest BCUT2D eigenvalue weighted by Gasteiger charge is 2.41. The molecule has 0 spiro atoms. The Kier molecular flexibility index (Phi) is 6.04. The number of fused-ring (bicyclic) bond motifs is 3. The Balaban J connectivity index is 1.38. The van der Waals surface area contributed by atoms with E-state index in [1.165, 1.54) is 21.8 Å². The molecule has 3 heterocycles. The third-order valence-corrected chi connectivity index (χ3v) is 7.57. The zero-order valence-electron chi connectivity index (χ0n) is 18.4. The van der Waals surface area contributed by atoms with E-state index in [4.69, 9.17) is 4.74 Å². The van der Waals surface area contributed by atoms with E-state index in [0.29, 0.717) is 6.54 Å². The number of benzene rings is 2. The van der Waals surface area contributed by atoms with Crippen molar-refractivity contribution in [2.45, 2.75) is 18.9 Å². The molecule has 1 saturated heterocycles. The van der Waals surface area contributed by atoms with Gasteiger partial charge in [-0.1, -0.05) is 30.3 Å². The summed E-state index contributed by atoms with van der Waals surface area (Å²) in [7, 11) is 1.71. The highest BCUT2D eigenvalue weighted by atomic mass is 32.1.